The third kappa shape index (κ3) is 3.28. The zero-order valence-corrected chi connectivity index (χ0v) is 14.4. The molecule has 25 heavy (non-hydrogen) atoms. The highest BCUT2D eigenvalue weighted by atomic mass is 35.5. The number of amides is 1. The van der Waals surface area contributed by atoms with E-state index >= 15 is 0 Å². The van der Waals surface area contributed by atoms with E-state index in [-0.39, 0.29) is 11.5 Å². The average Bonchev–Trinajstić information content (AvgIpc) is 3.40. The number of halogens is 2. The number of aliphatic hydroxyl groups excluding tert-OH is 1. The van der Waals surface area contributed by atoms with Crippen LogP contribution in [-0.4, -0.2) is 32.2 Å². The molecule has 1 aromatic carbocycles. The van der Waals surface area contributed by atoms with Crippen molar-refractivity contribution in [1.29, 1.82) is 0 Å². The van der Waals surface area contributed by atoms with Gasteiger partial charge in [0, 0.05) is 18.1 Å². The van der Waals surface area contributed by atoms with Crippen molar-refractivity contribution in [3.05, 3.63) is 52.1 Å². The van der Waals surface area contributed by atoms with Crippen molar-refractivity contribution in [2.45, 2.75) is 38.5 Å². The van der Waals surface area contributed by atoms with E-state index in [4.69, 9.17) is 11.6 Å². The molecule has 1 N–H and O–H groups in total. The highest BCUT2D eigenvalue weighted by Crippen LogP contribution is 2.40. The second kappa shape index (κ2) is 6.42. The number of fused-ring (bicyclic) bond motifs is 1. The predicted octanol–water partition coefficient (Wildman–Crippen LogP) is 3.17. The van der Waals surface area contributed by atoms with E-state index < -0.39 is 11.9 Å². The van der Waals surface area contributed by atoms with Crippen LogP contribution in [0.2, 0.25) is 5.02 Å². The molecule has 2 aliphatic rings. The van der Waals surface area contributed by atoms with E-state index in [1.54, 1.807) is 4.90 Å². The lowest BCUT2D eigenvalue weighted by molar-refractivity contribution is 0.0741. The minimum Gasteiger partial charge on any atom is -0.386 e. The van der Waals surface area contributed by atoms with Crippen molar-refractivity contribution in [3.8, 4) is 0 Å². The van der Waals surface area contributed by atoms with Crippen LogP contribution >= 0.6 is 11.6 Å². The van der Waals surface area contributed by atoms with E-state index in [9.17, 15) is 14.3 Å². The molecule has 2 aromatic rings. The normalized spacial score (nSPS) is 18.6. The molecule has 1 saturated carbocycles. The van der Waals surface area contributed by atoms with Crippen LogP contribution in [0.1, 0.15) is 47.1 Å². The van der Waals surface area contributed by atoms with Gasteiger partial charge in [0.05, 0.1) is 23.5 Å². The molecule has 0 spiro atoms. The first-order chi connectivity index (χ1) is 12.0. The van der Waals surface area contributed by atoms with Crippen molar-refractivity contribution in [2.24, 2.45) is 5.92 Å². The fraction of sp³-hybridized carbons (Fsp3) is 0.444. The van der Waals surface area contributed by atoms with Gasteiger partial charge in [0.25, 0.3) is 5.91 Å². The lowest BCUT2D eigenvalue weighted by Gasteiger charge is -2.20. The molecule has 4 rings (SSSR count). The van der Waals surface area contributed by atoms with Crippen LogP contribution in [0.25, 0.3) is 0 Å². The number of hydrogen-bond donors (Lipinski definition) is 1. The van der Waals surface area contributed by atoms with Gasteiger partial charge in [-0.15, -0.1) is 0 Å². The second-order valence-corrected chi connectivity index (χ2v) is 7.21. The number of carbonyl (C=O) groups excluding carboxylic acids is 1. The van der Waals surface area contributed by atoms with Crippen LogP contribution in [0, 0.1) is 11.7 Å². The summed E-state index contributed by atoms with van der Waals surface area (Å²) in [4.78, 5) is 14.4. The van der Waals surface area contributed by atoms with E-state index in [0.29, 0.717) is 36.3 Å². The van der Waals surface area contributed by atoms with E-state index in [1.165, 1.54) is 18.2 Å². The quantitative estimate of drug-likeness (QED) is 0.911. The van der Waals surface area contributed by atoms with Crippen LogP contribution in [0.4, 0.5) is 4.39 Å². The topological polar surface area (TPSA) is 58.4 Å². The molecule has 2 heterocycles. The SMILES string of the molecule is O=C(c1cc(Cl)ccc1F)N1CCCn2nc([C@@H](O)C3CC3)cc2C1. The Bertz CT molecular complexity index is 819. The number of hydrogen-bond acceptors (Lipinski definition) is 3. The zero-order valence-electron chi connectivity index (χ0n) is 13.7. The standard InChI is InChI=1S/C18H19ClFN3O2/c19-12-4-5-15(20)14(8-12)18(25)22-6-1-7-23-13(10-22)9-16(21-23)17(24)11-2-3-11/h4-5,8-9,11,17,24H,1-3,6-7,10H2/t17-/m0/s1. The Kier molecular flexibility index (Phi) is 4.25. The Balaban J connectivity index is 1.58. The molecular formula is C18H19ClFN3O2. The third-order valence-corrected chi connectivity index (χ3v) is 5.09. The van der Waals surface area contributed by atoms with Crippen LogP contribution < -0.4 is 0 Å². The van der Waals surface area contributed by atoms with Gasteiger partial charge in [-0.3, -0.25) is 9.48 Å². The summed E-state index contributed by atoms with van der Waals surface area (Å²) in [6.07, 6.45) is 2.25. The number of aromatic nitrogens is 2. The third-order valence-electron chi connectivity index (χ3n) is 4.85. The van der Waals surface area contributed by atoms with Gasteiger partial charge in [-0.05, 0) is 49.4 Å². The van der Waals surface area contributed by atoms with Crippen molar-refractivity contribution in [1.82, 2.24) is 14.7 Å². The number of rotatable bonds is 3. The minimum absolute atomic E-state index is 0.0151. The van der Waals surface area contributed by atoms with E-state index in [1.807, 2.05) is 10.7 Å². The molecule has 1 aromatic heterocycles. The summed E-state index contributed by atoms with van der Waals surface area (Å²) in [5.41, 5.74) is 1.52. The summed E-state index contributed by atoms with van der Waals surface area (Å²) in [6.45, 7) is 1.54. The molecule has 1 fully saturated rings. The first kappa shape index (κ1) is 16.5. The summed E-state index contributed by atoms with van der Waals surface area (Å²) in [5.74, 6) is -0.645. The maximum Gasteiger partial charge on any atom is 0.257 e. The molecule has 0 saturated heterocycles. The zero-order chi connectivity index (χ0) is 17.6. The molecule has 5 nitrogen and oxygen atoms in total. The van der Waals surface area contributed by atoms with Gasteiger partial charge >= 0.3 is 0 Å². The fourth-order valence-electron chi connectivity index (χ4n) is 3.29. The molecule has 7 heteroatoms. The van der Waals surface area contributed by atoms with Gasteiger partial charge in [-0.2, -0.15) is 5.10 Å². The maximum absolute atomic E-state index is 14.0. The molecule has 1 atom stereocenters. The van der Waals surface area contributed by atoms with Crippen LogP contribution in [0.15, 0.2) is 24.3 Å². The number of nitrogens with zero attached hydrogens (tertiary/aromatic N) is 3. The molecule has 0 unspecified atom stereocenters. The summed E-state index contributed by atoms with van der Waals surface area (Å²) >= 11 is 5.91. The molecular weight excluding hydrogens is 345 g/mol. The Labute approximate surface area is 150 Å². The van der Waals surface area contributed by atoms with Gasteiger partial charge in [-0.1, -0.05) is 11.6 Å². The molecule has 132 valence electrons. The number of carbonyl (C=O) groups is 1. The first-order valence-corrected chi connectivity index (χ1v) is 8.90. The Morgan fingerprint density at radius 1 is 1.32 bits per heavy atom. The number of benzene rings is 1. The Morgan fingerprint density at radius 3 is 2.88 bits per heavy atom. The maximum atomic E-state index is 14.0. The van der Waals surface area contributed by atoms with Gasteiger partial charge in [-0.25, -0.2) is 4.39 Å². The summed E-state index contributed by atoms with van der Waals surface area (Å²) in [7, 11) is 0. The summed E-state index contributed by atoms with van der Waals surface area (Å²) < 4.78 is 15.9. The van der Waals surface area contributed by atoms with Crippen LogP contribution in [-0.2, 0) is 13.1 Å². The predicted molar refractivity (Wildman–Crippen MR) is 90.7 cm³/mol. The van der Waals surface area contributed by atoms with Gasteiger partial charge in [0.2, 0.25) is 0 Å². The largest absolute Gasteiger partial charge is 0.386 e. The van der Waals surface area contributed by atoms with E-state index in [2.05, 4.69) is 5.10 Å². The minimum atomic E-state index is -0.572. The van der Waals surface area contributed by atoms with Gasteiger partial charge < -0.3 is 10.0 Å². The highest BCUT2D eigenvalue weighted by molar-refractivity contribution is 6.31. The molecule has 1 amide bonds. The molecule has 1 aliphatic heterocycles. The lowest BCUT2D eigenvalue weighted by atomic mass is 10.1. The molecule has 0 bridgehead atoms. The van der Waals surface area contributed by atoms with Crippen LogP contribution in [0.5, 0.6) is 0 Å². The lowest BCUT2D eigenvalue weighted by Crippen LogP contribution is -2.31. The van der Waals surface area contributed by atoms with E-state index in [0.717, 1.165) is 25.0 Å². The fourth-order valence-corrected chi connectivity index (χ4v) is 3.46. The molecule has 0 radical (unpaired) electrons. The number of aryl methyl sites for hydroxylation is 1. The molecule has 1 aliphatic carbocycles. The average molecular weight is 364 g/mol. The Hall–Kier alpha value is -1.92. The van der Waals surface area contributed by atoms with Gasteiger partial charge in [0.1, 0.15) is 11.9 Å². The van der Waals surface area contributed by atoms with Crippen molar-refractivity contribution < 1.29 is 14.3 Å². The highest BCUT2D eigenvalue weighted by Gasteiger charge is 2.33. The van der Waals surface area contributed by atoms with Crippen molar-refractivity contribution in [3.63, 3.8) is 0 Å². The Morgan fingerprint density at radius 2 is 2.12 bits per heavy atom. The monoisotopic (exact) mass is 363 g/mol. The van der Waals surface area contributed by atoms with Crippen molar-refractivity contribution >= 4 is 17.5 Å². The first-order valence-electron chi connectivity index (χ1n) is 8.52. The van der Waals surface area contributed by atoms with Crippen LogP contribution in [0.3, 0.4) is 0 Å². The smallest absolute Gasteiger partial charge is 0.257 e. The van der Waals surface area contributed by atoms with Gasteiger partial charge in [0.15, 0.2) is 0 Å². The second-order valence-electron chi connectivity index (χ2n) is 6.77. The summed E-state index contributed by atoms with van der Waals surface area (Å²) in [6, 6.07) is 5.87. The van der Waals surface area contributed by atoms with Crippen molar-refractivity contribution in [2.75, 3.05) is 6.54 Å². The number of aliphatic hydroxyl groups is 1. The summed E-state index contributed by atoms with van der Waals surface area (Å²) in [5, 5.41) is 15.1.